The van der Waals surface area contributed by atoms with E-state index in [1.54, 1.807) is 13.2 Å². The fourth-order valence-electron chi connectivity index (χ4n) is 7.01. The lowest BCUT2D eigenvalue weighted by atomic mass is 9.40. The van der Waals surface area contributed by atoms with Gasteiger partial charge in [0, 0.05) is 12.7 Å². The van der Waals surface area contributed by atoms with Gasteiger partial charge in [0.1, 0.15) is 5.02 Å². The third-order valence-corrected chi connectivity index (χ3v) is 9.77. The van der Waals surface area contributed by atoms with Crippen LogP contribution in [0.25, 0.3) is 0 Å². The van der Waals surface area contributed by atoms with Crippen LogP contribution in [0.3, 0.4) is 0 Å². The van der Waals surface area contributed by atoms with Gasteiger partial charge < -0.3 is 20.9 Å². The van der Waals surface area contributed by atoms with E-state index in [4.69, 9.17) is 16.6 Å². The van der Waals surface area contributed by atoms with E-state index >= 15 is 0 Å². The summed E-state index contributed by atoms with van der Waals surface area (Å²) in [7, 11) is 3.90. The number of nitrogens with one attached hydrogen (secondary N) is 3. The molecule has 36 heavy (non-hydrogen) atoms. The molecule has 194 valence electrons. The fourth-order valence-corrected chi connectivity index (χ4v) is 7.15. The van der Waals surface area contributed by atoms with Gasteiger partial charge in [0.2, 0.25) is 11.9 Å². The second-order valence-corrected chi connectivity index (χ2v) is 12.2. The van der Waals surface area contributed by atoms with Crippen LogP contribution in [0.1, 0.15) is 57.9 Å². The van der Waals surface area contributed by atoms with Gasteiger partial charge in [-0.2, -0.15) is 4.98 Å². The number of benzene rings is 1. The van der Waals surface area contributed by atoms with E-state index in [9.17, 15) is 4.79 Å². The Kier molecular flexibility index (Phi) is 6.66. The molecule has 4 atom stereocenters. The zero-order chi connectivity index (χ0) is 25.7. The molecular formula is C28H39ClN6O. The molecule has 1 aromatic carbocycles. The molecule has 4 fully saturated rings. The van der Waals surface area contributed by atoms with Crippen molar-refractivity contribution in [1.82, 2.24) is 20.2 Å². The van der Waals surface area contributed by atoms with Gasteiger partial charge in [-0.1, -0.05) is 37.6 Å². The van der Waals surface area contributed by atoms with E-state index in [-0.39, 0.29) is 17.2 Å². The number of fused-ring (bicyclic) bond motifs is 2. The standard InChI is InChI=1S/C28H39ClN6O/c1-27(2)19-14-21(25(36)30-4)28(3,23(27)15-19)34-24-22(29)16-31-26(33-24)32-20-8-6-17(7-9-20)18-10-12-35(5)13-11-18/h6-9,16,18-19,21,23H,10-15H2,1-5H3,(H,30,36)(H2,31,32,33,34)/t19-,21+,23+,28-/m0/s1. The van der Waals surface area contributed by atoms with Crippen LogP contribution in [-0.4, -0.2) is 53.5 Å². The molecule has 3 N–H and O–H groups in total. The van der Waals surface area contributed by atoms with Crippen molar-refractivity contribution in [2.24, 2.45) is 23.2 Å². The zero-order valence-corrected chi connectivity index (χ0v) is 22.8. The number of nitrogens with zero attached hydrogens (tertiary/aromatic N) is 3. The van der Waals surface area contributed by atoms with Crippen molar-refractivity contribution in [2.45, 2.75) is 57.9 Å². The first-order valence-corrected chi connectivity index (χ1v) is 13.6. The molecule has 3 saturated carbocycles. The number of rotatable bonds is 6. The summed E-state index contributed by atoms with van der Waals surface area (Å²) in [6.07, 6.45) is 6.01. The Balaban J connectivity index is 1.34. The maximum absolute atomic E-state index is 12.9. The molecule has 4 aliphatic rings. The Labute approximate surface area is 219 Å². The van der Waals surface area contributed by atoms with Crippen molar-refractivity contribution < 1.29 is 4.79 Å². The van der Waals surface area contributed by atoms with Crippen molar-refractivity contribution in [3.8, 4) is 0 Å². The van der Waals surface area contributed by atoms with Gasteiger partial charge in [0.25, 0.3) is 0 Å². The van der Waals surface area contributed by atoms with E-state index in [0.717, 1.165) is 31.6 Å². The molecular weight excluding hydrogens is 472 g/mol. The van der Waals surface area contributed by atoms with E-state index in [1.165, 1.54) is 18.4 Å². The lowest BCUT2D eigenvalue weighted by Crippen LogP contribution is -2.69. The van der Waals surface area contributed by atoms with Gasteiger partial charge in [0.15, 0.2) is 5.82 Å². The number of amides is 1. The summed E-state index contributed by atoms with van der Waals surface area (Å²) in [6, 6.07) is 8.61. The van der Waals surface area contributed by atoms with Crippen LogP contribution in [0.15, 0.2) is 30.5 Å². The van der Waals surface area contributed by atoms with Crippen LogP contribution >= 0.6 is 11.6 Å². The number of aromatic nitrogens is 2. The van der Waals surface area contributed by atoms with Crippen LogP contribution in [-0.2, 0) is 4.79 Å². The average molecular weight is 511 g/mol. The quantitative estimate of drug-likeness (QED) is 0.490. The van der Waals surface area contributed by atoms with Gasteiger partial charge in [-0.3, -0.25) is 4.79 Å². The third-order valence-electron chi connectivity index (χ3n) is 9.49. The summed E-state index contributed by atoms with van der Waals surface area (Å²) in [6.45, 7) is 9.09. The first kappa shape index (κ1) is 25.3. The first-order valence-electron chi connectivity index (χ1n) is 13.2. The average Bonchev–Trinajstić information content (AvgIpc) is 2.86. The van der Waals surface area contributed by atoms with Crippen molar-refractivity contribution in [3.63, 3.8) is 0 Å². The zero-order valence-electron chi connectivity index (χ0n) is 22.1. The molecule has 6 rings (SSSR count). The van der Waals surface area contributed by atoms with Gasteiger partial charge in [-0.15, -0.1) is 0 Å². The monoisotopic (exact) mass is 510 g/mol. The van der Waals surface area contributed by atoms with Crippen molar-refractivity contribution in [3.05, 3.63) is 41.0 Å². The van der Waals surface area contributed by atoms with Crippen molar-refractivity contribution in [1.29, 1.82) is 0 Å². The van der Waals surface area contributed by atoms with Crippen LogP contribution in [0.2, 0.25) is 5.02 Å². The largest absolute Gasteiger partial charge is 0.362 e. The second-order valence-electron chi connectivity index (χ2n) is 11.8. The van der Waals surface area contributed by atoms with E-state index in [2.05, 4.69) is 77.9 Å². The predicted octanol–water partition coefficient (Wildman–Crippen LogP) is 5.28. The molecule has 8 heteroatoms. The number of likely N-dealkylation sites (tertiary alicyclic amines) is 1. The number of carbonyl (C=O) groups excluding carboxylic acids is 1. The van der Waals surface area contributed by atoms with E-state index < -0.39 is 5.54 Å². The van der Waals surface area contributed by atoms with Crippen molar-refractivity contribution in [2.75, 3.05) is 37.8 Å². The van der Waals surface area contributed by atoms with Gasteiger partial charge in [-0.25, -0.2) is 4.98 Å². The number of hydrogen-bond acceptors (Lipinski definition) is 6. The second kappa shape index (κ2) is 9.49. The number of halogens is 1. The lowest BCUT2D eigenvalue weighted by Gasteiger charge is -2.66. The molecule has 3 aliphatic carbocycles. The Morgan fingerprint density at radius 2 is 1.81 bits per heavy atom. The van der Waals surface area contributed by atoms with Crippen LogP contribution in [0.4, 0.5) is 17.5 Å². The fraction of sp³-hybridized carbons (Fsp3) is 0.607. The molecule has 0 radical (unpaired) electrons. The molecule has 2 bridgehead atoms. The molecule has 1 aromatic heterocycles. The van der Waals surface area contributed by atoms with Crippen LogP contribution in [0, 0.1) is 23.2 Å². The highest BCUT2D eigenvalue weighted by molar-refractivity contribution is 6.32. The van der Waals surface area contributed by atoms with Crippen LogP contribution < -0.4 is 16.0 Å². The minimum absolute atomic E-state index is 0.0726. The molecule has 2 heterocycles. The summed E-state index contributed by atoms with van der Waals surface area (Å²) in [5, 5.41) is 10.3. The highest BCUT2D eigenvalue weighted by Crippen LogP contribution is 2.65. The molecule has 7 nitrogen and oxygen atoms in total. The minimum atomic E-state index is -0.455. The smallest absolute Gasteiger partial charge is 0.229 e. The summed E-state index contributed by atoms with van der Waals surface area (Å²) in [4.78, 5) is 24.4. The maximum Gasteiger partial charge on any atom is 0.229 e. The number of carbonyl (C=O) groups is 1. The third kappa shape index (κ3) is 4.45. The normalized spacial score (nSPS) is 29.8. The van der Waals surface area contributed by atoms with Crippen molar-refractivity contribution >= 4 is 35.0 Å². The minimum Gasteiger partial charge on any atom is -0.362 e. The van der Waals surface area contributed by atoms with E-state index in [1.807, 2.05) is 0 Å². The van der Waals surface area contributed by atoms with Gasteiger partial charge >= 0.3 is 0 Å². The van der Waals surface area contributed by atoms with Gasteiger partial charge in [0.05, 0.1) is 17.7 Å². The molecule has 1 saturated heterocycles. The Bertz CT molecular complexity index is 1110. The summed E-state index contributed by atoms with van der Waals surface area (Å²) >= 11 is 6.57. The summed E-state index contributed by atoms with van der Waals surface area (Å²) < 4.78 is 0. The highest BCUT2D eigenvalue weighted by atomic mass is 35.5. The molecule has 0 unspecified atom stereocenters. The predicted molar refractivity (Wildman–Crippen MR) is 146 cm³/mol. The number of anilines is 3. The summed E-state index contributed by atoms with van der Waals surface area (Å²) in [5.74, 6) is 2.51. The SMILES string of the molecule is CNC(=O)[C@H]1C[C@H]2C[C@H](C2(C)C)[C@@]1(C)Nc1nc(Nc2ccc(C3CCN(C)CC3)cc2)ncc1Cl. The number of piperidine rings is 1. The summed E-state index contributed by atoms with van der Waals surface area (Å²) in [5.41, 5.74) is 2.04. The molecule has 1 amide bonds. The first-order chi connectivity index (χ1) is 17.1. The Hall–Kier alpha value is -2.38. The lowest BCUT2D eigenvalue weighted by molar-refractivity contribution is -0.155. The Morgan fingerprint density at radius 3 is 2.44 bits per heavy atom. The molecule has 2 aromatic rings. The maximum atomic E-state index is 12.9. The van der Waals surface area contributed by atoms with E-state index in [0.29, 0.717) is 34.5 Å². The highest BCUT2D eigenvalue weighted by Gasteiger charge is 2.64. The van der Waals surface area contributed by atoms with Crippen LogP contribution in [0.5, 0.6) is 0 Å². The van der Waals surface area contributed by atoms with Gasteiger partial charge in [-0.05, 0) is 93.6 Å². The topological polar surface area (TPSA) is 82.2 Å². The molecule has 0 spiro atoms. The number of hydrogen-bond donors (Lipinski definition) is 3. The Morgan fingerprint density at radius 1 is 1.11 bits per heavy atom. The molecule has 1 aliphatic heterocycles.